The van der Waals surface area contributed by atoms with Crippen LogP contribution in [0.4, 0.5) is 10.8 Å². The van der Waals surface area contributed by atoms with Gasteiger partial charge in [0.05, 0.1) is 5.56 Å². The van der Waals surface area contributed by atoms with E-state index in [-0.39, 0.29) is 0 Å². The van der Waals surface area contributed by atoms with Crippen LogP contribution in [0.15, 0.2) is 24.5 Å². The van der Waals surface area contributed by atoms with E-state index >= 15 is 0 Å². The van der Waals surface area contributed by atoms with Gasteiger partial charge >= 0.3 is 0 Å². The van der Waals surface area contributed by atoms with E-state index in [1.807, 2.05) is 12.1 Å². The van der Waals surface area contributed by atoms with Crippen molar-refractivity contribution in [1.29, 1.82) is 0 Å². The molecule has 2 heterocycles. The Bertz CT molecular complexity index is 581. The fourth-order valence-corrected chi connectivity index (χ4v) is 3.99. The molecule has 0 saturated heterocycles. The first-order valence-corrected chi connectivity index (χ1v) is 8.47. The Labute approximate surface area is 130 Å². The molecule has 2 atom stereocenters. The van der Waals surface area contributed by atoms with E-state index in [4.69, 9.17) is 5.73 Å². The summed E-state index contributed by atoms with van der Waals surface area (Å²) in [7, 11) is 0. The number of pyridine rings is 1. The number of nitrogens with zero attached hydrogens (tertiary/aromatic N) is 2. The van der Waals surface area contributed by atoms with Crippen LogP contribution in [0.3, 0.4) is 0 Å². The molecule has 1 aliphatic carbocycles. The van der Waals surface area contributed by atoms with Crippen LogP contribution in [0.1, 0.15) is 39.0 Å². The van der Waals surface area contributed by atoms with Gasteiger partial charge in [0.25, 0.3) is 0 Å². The molecule has 0 aliphatic heterocycles. The molecule has 2 aromatic heterocycles. The fourth-order valence-electron chi connectivity index (χ4n) is 3.18. The minimum atomic E-state index is 0.545. The van der Waals surface area contributed by atoms with E-state index < -0.39 is 0 Å². The van der Waals surface area contributed by atoms with Gasteiger partial charge in [-0.25, -0.2) is 0 Å². The summed E-state index contributed by atoms with van der Waals surface area (Å²) in [6, 6.07) is 4.52. The van der Waals surface area contributed by atoms with Crippen molar-refractivity contribution >= 4 is 22.4 Å². The highest BCUT2D eigenvalue weighted by Crippen LogP contribution is 2.38. The van der Waals surface area contributed by atoms with Gasteiger partial charge < -0.3 is 11.1 Å². The molecule has 3 rings (SSSR count). The number of hydrogen-bond acceptors (Lipinski definition) is 5. The molecule has 0 bridgehead atoms. The molecule has 2 unspecified atom stereocenters. The predicted octanol–water partition coefficient (Wildman–Crippen LogP) is 4.17. The maximum absolute atomic E-state index is 6.07. The zero-order valence-corrected chi connectivity index (χ0v) is 13.2. The van der Waals surface area contributed by atoms with Gasteiger partial charge in [-0.05, 0) is 48.0 Å². The second-order valence-electron chi connectivity index (χ2n) is 5.79. The number of nitrogen functional groups attached to an aromatic ring is 1. The highest BCUT2D eigenvalue weighted by Gasteiger charge is 2.23. The first-order valence-electron chi connectivity index (χ1n) is 7.70. The fraction of sp³-hybridized carbons (Fsp3) is 0.500. The summed E-state index contributed by atoms with van der Waals surface area (Å²) < 4.78 is 4.33. The standard InChI is InChI=1S/C16H22N4S/c1-2-11-4-3-5-13(10-11)19-16-14(15(17)20-21-16)12-6-8-18-9-7-12/h6-9,11,13,19H,2-5,10H2,1H3,(H2,17,20). The largest absolute Gasteiger partial charge is 0.382 e. The van der Waals surface area contributed by atoms with Gasteiger partial charge in [0.15, 0.2) is 0 Å². The van der Waals surface area contributed by atoms with E-state index in [0.717, 1.165) is 22.0 Å². The van der Waals surface area contributed by atoms with Crippen molar-refractivity contribution in [2.75, 3.05) is 11.1 Å². The Morgan fingerprint density at radius 3 is 2.90 bits per heavy atom. The molecule has 112 valence electrons. The normalized spacial score (nSPS) is 22.1. The monoisotopic (exact) mass is 302 g/mol. The Morgan fingerprint density at radius 1 is 1.33 bits per heavy atom. The van der Waals surface area contributed by atoms with Gasteiger partial charge in [0, 0.05) is 18.4 Å². The highest BCUT2D eigenvalue weighted by atomic mass is 32.1. The molecule has 4 nitrogen and oxygen atoms in total. The number of nitrogens with two attached hydrogens (primary N) is 1. The molecule has 0 radical (unpaired) electrons. The molecule has 1 fully saturated rings. The van der Waals surface area contributed by atoms with E-state index in [1.165, 1.54) is 43.6 Å². The number of hydrogen-bond donors (Lipinski definition) is 2. The lowest BCUT2D eigenvalue weighted by Crippen LogP contribution is -2.26. The summed E-state index contributed by atoms with van der Waals surface area (Å²) in [6.07, 6.45) is 10.0. The smallest absolute Gasteiger partial charge is 0.147 e. The minimum absolute atomic E-state index is 0.545. The number of anilines is 2. The second-order valence-corrected chi connectivity index (χ2v) is 6.56. The summed E-state index contributed by atoms with van der Waals surface area (Å²) in [6.45, 7) is 2.29. The van der Waals surface area contributed by atoms with Crippen molar-refractivity contribution in [3.63, 3.8) is 0 Å². The van der Waals surface area contributed by atoms with Gasteiger partial charge in [-0.15, -0.1) is 0 Å². The van der Waals surface area contributed by atoms with Gasteiger partial charge in [0.1, 0.15) is 10.8 Å². The summed E-state index contributed by atoms with van der Waals surface area (Å²) in [5.41, 5.74) is 8.18. The average molecular weight is 302 g/mol. The van der Waals surface area contributed by atoms with E-state index in [2.05, 4.69) is 21.6 Å². The van der Waals surface area contributed by atoms with Crippen LogP contribution in [-0.2, 0) is 0 Å². The molecule has 2 aromatic rings. The summed E-state index contributed by atoms with van der Waals surface area (Å²) in [5, 5.41) is 4.79. The Balaban J connectivity index is 1.80. The third kappa shape index (κ3) is 3.18. The van der Waals surface area contributed by atoms with E-state index in [9.17, 15) is 0 Å². The molecule has 0 amide bonds. The van der Waals surface area contributed by atoms with Crippen LogP contribution in [0, 0.1) is 5.92 Å². The Kier molecular flexibility index (Phi) is 4.39. The summed E-state index contributed by atoms with van der Waals surface area (Å²) in [5.74, 6) is 1.46. The van der Waals surface area contributed by atoms with E-state index in [0.29, 0.717) is 11.9 Å². The third-order valence-corrected chi connectivity index (χ3v) is 5.18. The van der Waals surface area contributed by atoms with Crippen LogP contribution in [-0.4, -0.2) is 15.4 Å². The van der Waals surface area contributed by atoms with Crippen LogP contribution in [0.25, 0.3) is 11.1 Å². The zero-order valence-electron chi connectivity index (χ0n) is 12.4. The second kappa shape index (κ2) is 6.43. The maximum atomic E-state index is 6.07. The van der Waals surface area contributed by atoms with Gasteiger partial charge in [0.2, 0.25) is 0 Å². The topological polar surface area (TPSA) is 63.8 Å². The molecular formula is C16H22N4S. The average Bonchev–Trinajstić information content (AvgIpc) is 2.89. The molecule has 21 heavy (non-hydrogen) atoms. The van der Waals surface area contributed by atoms with Crippen molar-refractivity contribution in [3.8, 4) is 11.1 Å². The SMILES string of the molecule is CCC1CCCC(Nc2snc(N)c2-c2ccncc2)C1. The quantitative estimate of drug-likeness (QED) is 0.889. The van der Waals surface area contributed by atoms with Crippen molar-refractivity contribution in [2.24, 2.45) is 5.92 Å². The van der Waals surface area contributed by atoms with Crippen molar-refractivity contribution in [2.45, 2.75) is 45.1 Å². The Hall–Kier alpha value is -1.62. The summed E-state index contributed by atoms with van der Waals surface area (Å²) >= 11 is 1.47. The first-order chi connectivity index (χ1) is 10.3. The molecular weight excluding hydrogens is 280 g/mol. The third-order valence-electron chi connectivity index (χ3n) is 4.38. The maximum Gasteiger partial charge on any atom is 0.147 e. The lowest BCUT2D eigenvalue weighted by molar-refractivity contribution is 0.327. The molecule has 0 spiro atoms. The minimum Gasteiger partial charge on any atom is -0.382 e. The molecule has 0 aromatic carbocycles. The number of nitrogens with one attached hydrogen (secondary N) is 1. The molecule has 1 saturated carbocycles. The molecule has 3 N–H and O–H groups in total. The zero-order chi connectivity index (χ0) is 14.7. The van der Waals surface area contributed by atoms with Crippen LogP contribution in [0.5, 0.6) is 0 Å². The van der Waals surface area contributed by atoms with Crippen molar-refractivity contribution in [3.05, 3.63) is 24.5 Å². The van der Waals surface area contributed by atoms with E-state index in [1.54, 1.807) is 12.4 Å². The molecule has 5 heteroatoms. The number of rotatable bonds is 4. The number of aromatic nitrogens is 2. The van der Waals surface area contributed by atoms with Gasteiger partial charge in [-0.2, -0.15) is 4.37 Å². The van der Waals surface area contributed by atoms with Crippen molar-refractivity contribution < 1.29 is 0 Å². The van der Waals surface area contributed by atoms with Crippen LogP contribution < -0.4 is 11.1 Å². The van der Waals surface area contributed by atoms with Crippen LogP contribution >= 0.6 is 11.5 Å². The Morgan fingerprint density at radius 2 is 2.14 bits per heavy atom. The first kappa shape index (κ1) is 14.3. The van der Waals surface area contributed by atoms with Crippen molar-refractivity contribution in [1.82, 2.24) is 9.36 Å². The summed E-state index contributed by atoms with van der Waals surface area (Å²) in [4.78, 5) is 4.07. The lowest BCUT2D eigenvalue weighted by atomic mass is 9.84. The highest BCUT2D eigenvalue weighted by molar-refractivity contribution is 7.11. The van der Waals surface area contributed by atoms with Gasteiger partial charge in [-0.3, -0.25) is 4.98 Å². The van der Waals surface area contributed by atoms with Crippen LogP contribution in [0.2, 0.25) is 0 Å². The lowest BCUT2D eigenvalue weighted by Gasteiger charge is -2.29. The molecule has 1 aliphatic rings. The predicted molar refractivity (Wildman–Crippen MR) is 89.4 cm³/mol. The van der Waals surface area contributed by atoms with Gasteiger partial charge in [-0.1, -0.05) is 26.2 Å².